The van der Waals surface area contributed by atoms with Gasteiger partial charge in [0.25, 0.3) is 0 Å². The molecule has 33 heavy (non-hydrogen) atoms. The van der Waals surface area contributed by atoms with Gasteiger partial charge in [-0.25, -0.2) is 13.6 Å². The van der Waals surface area contributed by atoms with Crippen LogP contribution in [0.4, 0.5) is 8.78 Å². The predicted octanol–water partition coefficient (Wildman–Crippen LogP) is 6.19. The predicted molar refractivity (Wildman–Crippen MR) is 122 cm³/mol. The van der Waals surface area contributed by atoms with Crippen molar-refractivity contribution in [1.82, 2.24) is 0 Å². The molecular weight excluding hydrogens is 426 g/mol. The van der Waals surface area contributed by atoms with Crippen molar-refractivity contribution >= 4 is 5.97 Å². The van der Waals surface area contributed by atoms with Gasteiger partial charge >= 0.3 is 5.97 Å². The van der Waals surface area contributed by atoms with E-state index < -0.39 is 18.1 Å². The smallest absolute Gasteiger partial charge is 0.341 e. The van der Waals surface area contributed by atoms with E-state index in [1.165, 1.54) is 13.2 Å². The highest BCUT2D eigenvalue weighted by Gasteiger charge is 2.42. The van der Waals surface area contributed by atoms with Gasteiger partial charge < -0.3 is 14.2 Å². The summed E-state index contributed by atoms with van der Waals surface area (Å²) >= 11 is 0. The first kappa shape index (κ1) is 23.5. The van der Waals surface area contributed by atoms with Gasteiger partial charge in [0.2, 0.25) is 6.17 Å². The molecule has 2 fully saturated rings. The van der Waals surface area contributed by atoms with E-state index in [-0.39, 0.29) is 17.7 Å². The van der Waals surface area contributed by atoms with Gasteiger partial charge in [-0.2, -0.15) is 0 Å². The molecular formula is C27H32F2O4. The summed E-state index contributed by atoms with van der Waals surface area (Å²) in [6.07, 6.45) is 3.91. The molecule has 2 aromatic carbocycles. The largest absolute Gasteiger partial charge is 0.497 e. The van der Waals surface area contributed by atoms with Crippen molar-refractivity contribution in [2.45, 2.75) is 56.5 Å². The molecule has 0 aliphatic heterocycles. The van der Waals surface area contributed by atoms with E-state index in [1.54, 1.807) is 13.2 Å². The van der Waals surface area contributed by atoms with Crippen LogP contribution < -0.4 is 9.47 Å². The highest BCUT2D eigenvalue weighted by Crippen LogP contribution is 2.46. The average molecular weight is 459 g/mol. The summed E-state index contributed by atoms with van der Waals surface area (Å²) in [5.41, 5.74) is 1.52. The molecule has 2 saturated carbocycles. The summed E-state index contributed by atoms with van der Waals surface area (Å²) in [6.45, 7) is 0.570. The zero-order chi connectivity index (χ0) is 23.4. The van der Waals surface area contributed by atoms with Gasteiger partial charge in [0.1, 0.15) is 17.3 Å². The molecule has 2 unspecified atom stereocenters. The van der Waals surface area contributed by atoms with Gasteiger partial charge in [-0.3, -0.25) is 0 Å². The molecule has 2 aliphatic rings. The maximum Gasteiger partial charge on any atom is 0.341 e. The first-order valence-corrected chi connectivity index (χ1v) is 11.8. The van der Waals surface area contributed by atoms with Crippen molar-refractivity contribution < 1.29 is 27.8 Å². The number of rotatable bonds is 9. The Morgan fingerprint density at radius 3 is 2.42 bits per heavy atom. The van der Waals surface area contributed by atoms with Crippen LogP contribution in [0.25, 0.3) is 0 Å². The summed E-state index contributed by atoms with van der Waals surface area (Å²) in [6, 6.07) is 12.4. The fourth-order valence-electron chi connectivity index (χ4n) is 5.02. The number of halogens is 2. The number of hydrogen-bond donors (Lipinski definition) is 0. The number of carbonyl (C=O) groups is 1. The van der Waals surface area contributed by atoms with E-state index in [0.717, 1.165) is 49.7 Å². The lowest BCUT2D eigenvalue weighted by Crippen LogP contribution is -2.26. The third-order valence-electron chi connectivity index (χ3n) is 7.09. The summed E-state index contributed by atoms with van der Waals surface area (Å²) in [4.78, 5) is 11.8. The van der Waals surface area contributed by atoms with Crippen molar-refractivity contribution in [2.24, 2.45) is 11.8 Å². The number of benzene rings is 2. The first-order valence-electron chi connectivity index (χ1n) is 11.8. The van der Waals surface area contributed by atoms with Crippen LogP contribution in [0.1, 0.15) is 61.5 Å². The van der Waals surface area contributed by atoms with Gasteiger partial charge in [0.15, 0.2) is 0 Å². The molecule has 0 radical (unpaired) electrons. The normalized spacial score (nSPS) is 22.3. The first-order chi connectivity index (χ1) is 16.0. The van der Waals surface area contributed by atoms with E-state index in [9.17, 15) is 13.6 Å². The van der Waals surface area contributed by atoms with Crippen LogP contribution in [-0.4, -0.2) is 33.0 Å². The molecule has 0 aromatic heterocycles. The zero-order valence-electron chi connectivity index (χ0n) is 19.3. The summed E-state index contributed by atoms with van der Waals surface area (Å²) < 4.78 is 45.0. The Bertz CT molecular complexity index is 951. The second-order valence-electron chi connectivity index (χ2n) is 9.28. The average Bonchev–Trinajstić information content (AvgIpc) is 3.68. The van der Waals surface area contributed by atoms with E-state index in [4.69, 9.17) is 9.47 Å². The van der Waals surface area contributed by atoms with Crippen LogP contribution >= 0.6 is 0 Å². The molecule has 0 amide bonds. The van der Waals surface area contributed by atoms with Crippen molar-refractivity contribution in [1.29, 1.82) is 0 Å². The standard InChI is InChI=1S/C27H32F2O4/c1-31-21-12-13-24(28)23(15-21)18-8-6-17(7-9-18)16-33-22-5-3-4-20(14-22)25(19-10-11-19)26(29)27(30)32-2/h3-5,12-15,17-19,25-26H,6-11,16H2,1-2H3/t17-,18-,25?,26?. The van der Waals surface area contributed by atoms with Crippen molar-refractivity contribution in [3.05, 3.63) is 59.4 Å². The van der Waals surface area contributed by atoms with E-state index in [2.05, 4.69) is 4.74 Å². The highest BCUT2D eigenvalue weighted by atomic mass is 19.1. The Morgan fingerprint density at radius 1 is 1.00 bits per heavy atom. The second kappa shape index (κ2) is 10.5. The number of alkyl halides is 1. The lowest BCUT2D eigenvalue weighted by atomic mass is 9.79. The topological polar surface area (TPSA) is 44.8 Å². The molecule has 0 heterocycles. The Hall–Kier alpha value is -2.63. The number of esters is 1. The fourth-order valence-corrected chi connectivity index (χ4v) is 5.02. The fraction of sp³-hybridized carbons (Fsp3) is 0.519. The van der Waals surface area contributed by atoms with Crippen LogP contribution in [0.15, 0.2) is 42.5 Å². The van der Waals surface area contributed by atoms with Gasteiger partial charge in [-0.15, -0.1) is 0 Å². The number of ether oxygens (including phenoxy) is 3. The summed E-state index contributed by atoms with van der Waals surface area (Å²) in [7, 11) is 2.81. The van der Waals surface area contributed by atoms with Crippen LogP contribution in [0.2, 0.25) is 0 Å². The monoisotopic (exact) mass is 458 g/mol. The van der Waals surface area contributed by atoms with Crippen LogP contribution in [0.5, 0.6) is 11.5 Å². The molecule has 0 saturated heterocycles. The quantitative estimate of drug-likeness (QED) is 0.420. The Kier molecular flexibility index (Phi) is 7.51. The molecule has 0 spiro atoms. The molecule has 6 heteroatoms. The maximum atomic E-state index is 14.7. The minimum Gasteiger partial charge on any atom is -0.497 e. The number of methoxy groups -OCH3 is 2. The van der Waals surface area contributed by atoms with Crippen molar-refractivity contribution in [3.8, 4) is 11.5 Å². The molecule has 2 aliphatic carbocycles. The second-order valence-corrected chi connectivity index (χ2v) is 9.28. The third kappa shape index (κ3) is 5.66. The molecule has 4 nitrogen and oxygen atoms in total. The number of carbonyl (C=O) groups excluding carboxylic acids is 1. The zero-order valence-corrected chi connectivity index (χ0v) is 19.3. The summed E-state index contributed by atoms with van der Waals surface area (Å²) in [5, 5.41) is 0. The highest BCUT2D eigenvalue weighted by molar-refractivity contribution is 5.76. The Labute approximate surface area is 194 Å². The molecule has 2 aromatic rings. The minimum absolute atomic E-state index is 0.168. The van der Waals surface area contributed by atoms with E-state index in [0.29, 0.717) is 24.0 Å². The molecule has 4 rings (SSSR count). The van der Waals surface area contributed by atoms with Gasteiger partial charge in [0, 0.05) is 5.92 Å². The third-order valence-corrected chi connectivity index (χ3v) is 7.09. The van der Waals surface area contributed by atoms with Crippen LogP contribution in [0.3, 0.4) is 0 Å². The lowest BCUT2D eigenvalue weighted by Gasteiger charge is -2.29. The SMILES string of the molecule is COC(=O)C(F)C(c1cccc(OC[C@H]2CC[C@H](c3cc(OC)ccc3F)CC2)c1)C1CC1. The summed E-state index contributed by atoms with van der Waals surface area (Å²) in [5.74, 6) is 0.648. The lowest BCUT2D eigenvalue weighted by molar-refractivity contribution is -0.147. The Morgan fingerprint density at radius 2 is 1.76 bits per heavy atom. The van der Waals surface area contributed by atoms with Crippen molar-refractivity contribution in [3.63, 3.8) is 0 Å². The molecule has 0 N–H and O–H groups in total. The maximum absolute atomic E-state index is 14.7. The van der Waals surface area contributed by atoms with Gasteiger partial charge in [0.05, 0.1) is 20.8 Å². The van der Waals surface area contributed by atoms with Gasteiger partial charge in [-0.1, -0.05) is 12.1 Å². The van der Waals surface area contributed by atoms with Crippen molar-refractivity contribution in [2.75, 3.05) is 20.8 Å². The Balaban J connectivity index is 1.34. The molecule has 178 valence electrons. The minimum atomic E-state index is -1.66. The molecule has 0 bridgehead atoms. The van der Waals surface area contributed by atoms with Crippen LogP contribution in [-0.2, 0) is 9.53 Å². The number of hydrogen-bond acceptors (Lipinski definition) is 4. The molecule has 2 atom stereocenters. The van der Waals surface area contributed by atoms with E-state index in [1.807, 2.05) is 30.3 Å². The van der Waals surface area contributed by atoms with Gasteiger partial charge in [-0.05, 0) is 97.7 Å². The van der Waals surface area contributed by atoms with Crippen LogP contribution in [0, 0.1) is 17.7 Å². The van der Waals surface area contributed by atoms with E-state index >= 15 is 0 Å².